The van der Waals surface area contributed by atoms with Gasteiger partial charge in [0.1, 0.15) is 10.1 Å². The molecular weight excluding hydrogens is 640 g/mol. The van der Waals surface area contributed by atoms with Crippen LogP contribution in [0.5, 0.6) is 0 Å². The molecule has 0 amide bonds. The molecule has 0 spiro atoms. The van der Waals surface area contributed by atoms with E-state index in [9.17, 15) is 22.6 Å². The molecule has 0 N–H and O–H groups in total. The minimum atomic E-state index is -4.81. The normalized spacial score (nSPS) is 11.1. The average Bonchev–Trinajstić information content (AvgIpc) is 3.04. The van der Waals surface area contributed by atoms with Crippen LogP contribution in [-0.2, 0) is 19.6 Å². The fourth-order valence-corrected chi connectivity index (χ4v) is 5.97. The first-order valence-corrected chi connectivity index (χ1v) is 19.4. The predicted octanol–water partition coefficient (Wildman–Crippen LogP) is 7.64. The van der Waals surface area contributed by atoms with Crippen molar-refractivity contribution in [1.82, 2.24) is 0 Å². The van der Waals surface area contributed by atoms with Crippen molar-refractivity contribution in [3.8, 4) is 0 Å². The first-order chi connectivity index (χ1) is 22.3. The quantitative estimate of drug-likeness (QED) is 0.0257. The van der Waals surface area contributed by atoms with Gasteiger partial charge in [-0.25, -0.2) is 18.0 Å². The van der Waals surface area contributed by atoms with Crippen LogP contribution in [-0.4, -0.2) is 38.1 Å². The van der Waals surface area contributed by atoms with E-state index < -0.39 is 27.0 Å². The fraction of sp³-hybridized carbons (Fsp3) is 0.684. The number of benzene rings is 1. The van der Waals surface area contributed by atoms with Crippen molar-refractivity contribution in [3.05, 3.63) is 54.6 Å². The molecule has 1 aromatic rings. The molecule has 0 aliphatic heterocycles. The van der Waals surface area contributed by atoms with Crippen LogP contribution in [0.3, 0.4) is 0 Å². The Kier molecular flexibility index (Phi) is 30.6. The largest absolute Gasteiger partial charge is 1.00 e. The van der Waals surface area contributed by atoms with E-state index in [2.05, 4.69) is 13.2 Å². The molecule has 0 atom stereocenters. The molecule has 0 saturated heterocycles. The second-order valence-electron chi connectivity index (χ2n) is 12.4. The third-order valence-electron chi connectivity index (χ3n) is 8.29. The number of ether oxygens (including phenoxy) is 2. The van der Waals surface area contributed by atoms with Crippen molar-refractivity contribution < 1.29 is 83.4 Å². The van der Waals surface area contributed by atoms with Crippen LogP contribution < -0.4 is 51.4 Å². The van der Waals surface area contributed by atoms with E-state index in [-0.39, 0.29) is 75.7 Å². The van der Waals surface area contributed by atoms with Gasteiger partial charge >= 0.3 is 63.3 Å². The monoisotopic (exact) mass is 700 g/mol. The molecule has 0 aliphatic carbocycles. The van der Waals surface area contributed by atoms with Crippen LogP contribution in [0, 0.1) is 0 Å². The minimum Gasteiger partial charge on any atom is -0.744 e. The van der Waals surface area contributed by atoms with Gasteiger partial charge in [0, 0.05) is 0 Å². The van der Waals surface area contributed by atoms with Crippen LogP contribution in [0.2, 0.25) is 0 Å². The van der Waals surface area contributed by atoms with Gasteiger partial charge in [0.15, 0.2) is 0 Å². The molecular formula is C38H61KO7S. The Morgan fingerprint density at radius 1 is 0.553 bits per heavy atom. The summed E-state index contributed by atoms with van der Waals surface area (Å²) in [5.74, 6) is -1.56. The smallest absolute Gasteiger partial charge is 0.744 e. The Labute approximate surface area is 329 Å². The number of unbranched alkanes of at least 4 members (excludes halogenated alkanes) is 22. The molecule has 1 aromatic carbocycles. The number of hydrogen-bond acceptors (Lipinski definition) is 7. The van der Waals surface area contributed by atoms with Gasteiger partial charge in [-0.05, 0) is 56.7 Å². The molecule has 0 aromatic heterocycles. The van der Waals surface area contributed by atoms with E-state index in [1.54, 1.807) is 0 Å². The zero-order chi connectivity index (χ0) is 33.7. The van der Waals surface area contributed by atoms with Crippen molar-refractivity contribution >= 4 is 22.1 Å². The second-order valence-corrected chi connectivity index (χ2v) is 13.7. The van der Waals surface area contributed by atoms with E-state index in [1.807, 2.05) is 12.2 Å². The molecule has 0 unspecified atom stereocenters. The Bertz CT molecular complexity index is 1090. The van der Waals surface area contributed by atoms with Gasteiger partial charge in [0.05, 0.1) is 29.2 Å². The molecule has 47 heavy (non-hydrogen) atoms. The third-order valence-corrected chi connectivity index (χ3v) is 9.12. The van der Waals surface area contributed by atoms with Gasteiger partial charge in [0.2, 0.25) is 0 Å². The van der Waals surface area contributed by atoms with Crippen molar-refractivity contribution in [2.45, 2.75) is 159 Å². The van der Waals surface area contributed by atoms with Gasteiger partial charge in [-0.15, -0.1) is 13.2 Å². The van der Waals surface area contributed by atoms with E-state index in [1.165, 1.54) is 89.9 Å². The van der Waals surface area contributed by atoms with E-state index >= 15 is 0 Å². The zero-order valence-corrected chi connectivity index (χ0v) is 33.4. The molecule has 0 fully saturated rings. The molecule has 0 aliphatic rings. The van der Waals surface area contributed by atoms with Crippen LogP contribution in [0.15, 0.2) is 48.4 Å². The molecule has 0 saturated carbocycles. The van der Waals surface area contributed by atoms with E-state index in [0.717, 1.165) is 69.6 Å². The Morgan fingerprint density at radius 2 is 0.872 bits per heavy atom. The molecule has 9 heteroatoms. The van der Waals surface area contributed by atoms with Gasteiger partial charge in [-0.2, -0.15) is 0 Å². The first kappa shape index (κ1) is 46.2. The summed E-state index contributed by atoms with van der Waals surface area (Å²) in [5.41, 5.74) is -0.352. The number of hydrogen-bond donors (Lipinski definition) is 0. The van der Waals surface area contributed by atoms with Gasteiger partial charge in [-0.3, -0.25) is 0 Å². The summed E-state index contributed by atoms with van der Waals surface area (Å²) in [6.07, 6.45) is 31.5. The Balaban J connectivity index is 0.0000212. The molecule has 0 bridgehead atoms. The topological polar surface area (TPSA) is 110 Å². The van der Waals surface area contributed by atoms with Crippen LogP contribution in [0.4, 0.5) is 0 Å². The van der Waals surface area contributed by atoms with Crippen LogP contribution in [0.1, 0.15) is 175 Å². The fourth-order valence-electron chi connectivity index (χ4n) is 5.47. The standard InChI is InChI=1S/C38H62O7S.K/c1-3-5-7-9-11-13-15-17-19-21-23-25-27-31-44-37(39)35-30-29-34(46(41,42)43)33-36(35)38(40)45-32-28-26-24-22-20-18-16-14-12-10-8-6-4-2;/h3-4,29-30,33H,1-2,5-28,31-32H2,(H,41,42,43);/q;+1/p-1. The summed E-state index contributed by atoms with van der Waals surface area (Å²) in [6.45, 7) is 7.87. The molecule has 1 rings (SSSR count). The average molecular weight is 701 g/mol. The van der Waals surface area contributed by atoms with Gasteiger partial charge in [-0.1, -0.05) is 128 Å². The van der Waals surface area contributed by atoms with Crippen molar-refractivity contribution in [2.75, 3.05) is 13.2 Å². The molecule has 0 radical (unpaired) electrons. The summed E-state index contributed by atoms with van der Waals surface area (Å²) >= 11 is 0. The minimum absolute atomic E-state index is 0. The molecule has 0 heterocycles. The number of carbonyl (C=O) groups excluding carboxylic acids is 2. The summed E-state index contributed by atoms with van der Waals surface area (Å²) in [5, 5.41) is 0. The summed E-state index contributed by atoms with van der Waals surface area (Å²) in [7, 11) is -4.81. The third kappa shape index (κ3) is 24.9. The maximum absolute atomic E-state index is 12.8. The number of esters is 2. The molecule has 262 valence electrons. The summed E-state index contributed by atoms with van der Waals surface area (Å²) < 4.78 is 45.5. The van der Waals surface area contributed by atoms with Crippen molar-refractivity contribution in [1.29, 1.82) is 0 Å². The van der Waals surface area contributed by atoms with Crippen molar-refractivity contribution in [3.63, 3.8) is 0 Å². The van der Waals surface area contributed by atoms with Gasteiger partial charge in [0.25, 0.3) is 0 Å². The number of allylic oxidation sites excluding steroid dienone is 2. The second kappa shape index (κ2) is 31.2. The van der Waals surface area contributed by atoms with Crippen LogP contribution >= 0.6 is 0 Å². The first-order valence-electron chi connectivity index (χ1n) is 18.0. The van der Waals surface area contributed by atoms with E-state index in [0.29, 0.717) is 12.8 Å². The number of carbonyl (C=O) groups is 2. The Hall–Kier alpha value is -0.814. The predicted molar refractivity (Wildman–Crippen MR) is 186 cm³/mol. The SMILES string of the molecule is C=CCCCCCCCCCCCCCOC(=O)c1ccc(S(=O)(=O)[O-])cc1C(=O)OCCCCCCCCCCCCCC=C.[K+]. The molecule has 7 nitrogen and oxygen atoms in total. The summed E-state index contributed by atoms with van der Waals surface area (Å²) in [4.78, 5) is 25.0. The maximum atomic E-state index is 12.8. The summed E-state index contributed by atoms with van der Waals surface area (Å²) in [6, 6.07) is 3.10. The van der Waals surface area contributed by atoms with Gasteiger partial charge < -0.3 is 14.0 Å². The zero-order valence-electron chi connectivity index (χ0n) is 29.5. The number of rotatable bonds is 31. The maximum Gasteiger partial charge on any atom is 1.00 e. The Morgan fingerprint density at radius 3 is 1.21 bits per heavy atom. The van der Waals surface area contributed by atoms with Crippen LogP contribution in [0.25, 0.3) is 0 Å². The van der Waals surface area contributed by atoms with E-state index in [4.69, 9.17) is 9.47 Å². The van der Waals surface area contributed by atoms with Crippen molar-refractivity contribution in [2.24, 2.45) is 0 Å².